The number of benzene rings is 1. The number of ether oxygens (including phenoxy) is 1. The Labute approximate surface area is 119 Å². The number of ketones is 1. The van der Waals surface area contributed by atoms with Gasteiger partial charge < -0.3 is 10.1 Å². The monoisotopic (exact) mass is 305 g/mol. The molecule has 1 aromatic carbocycles. The number of nitrogens with one attached hydrogen (secondary N) is 1. The van der Waals surface area contributed by atoms with Crippen LogP contribution in [-0.2, 0) is 10.9 Å². The number of hydrogen-bond acceptors (Lipinski definition) is 3. The maximum atomic E-state index is 13.2. The first-order valence-electron chi connectivity index (χ1n) is 6.56. The number of carbonyl (C=O) groups is 1. The Balaban J connectivity index is 2.27. The van der Waals surface area contributed by atoms with Gasteiger partial charge in [-0.25, -0.2) is 4.39 Å². The summed E-state index contributed by atoms with van der Waals surface area (Å²) in [5.41, 5.74) is -1.57. The Morgan fingerprint density at radius 1 is 1.38 bits per heavy atom. The minimum absolute atomic E-state index is 0.148. The van der Waals surface area contributed by atoms with Crippen molar-refractivity contribution in [2.75, 3.05) is 19.8 Å². The van der Waals surface area contributed by atoms with Crippen molar-refractivity contribution in [3.05, 3.63) is 35.1 Å². The molecule has 0 spiro atoms. The predicted molar refractivity (Wildman–Crippen MR) is 67.5 cm³/mol. The van der Waals surface area contributed by atoms with E-state index >= 15 is 0 Å². The summed E-state index contributed by atoms with van der Waals surface area (Å²) < 4.78 is 56.5. The third kappa shape index (κ3) is 3.41. The maximum Gasteiger partial charge on any atom is 0.419 e. The molecule has 0 aromatic heterocycles. The number of rotatable bonds is 4. The van der Waals surface area contributed by atoms with Gasteiger partial charge in [0.25, 0.3) is 0 Å². The molecule has 1 aliphatic rings. The number of alkyl halides is 3. The SMILES string of the molecule is CCNC1COCC1C(=O)c1ccc(F)c(C(F)(F)F)c1. The second kappa shape index (κ2) is 6.11. The van der Waals surface area contributed by atoms with Crippen LogP contribution in [0.25, 0.3) is 0 Å². The fraction of sp³-hybridized carbons (Fsp3) is 0.500. The van der Waals surface area contributed by atoms with E-state index in [9.17, 15) is 22.4 Å². The molecule has 21 heavy (non-hydrogen) atoms. The van der Waals surface area contributed by atoms with Crippen LogP contribution in [0.5, 0.6) is 0 Å². The first kappa shape index (κ1) is 15.9. The van der Waals surface area contributed by atoms with E-state index < -0.39 is 29.3 Å². The van der Waals surface area contributed by atoms with E-state index in [1.807, 2.05) is 6.92 Å². The second-order valence-electron chi connectivity index (χ2n) is 4.86. The molecule has 3 nitrogen and oxygen atoms in total. The van der Waals surface area contributed by atoms with E-state index in [2.05, 4.69) is 5.32 Å². The zero-order valence-corrected chi connectivity index (χ0v) is 11.3. The van der Waals surface area contributed by atoms with Gasteiger partial charge in [0.05, 0.1) is 24.7 Å². The van der Waals surface area contributed by atoms with Crippen LogP contribution in [-0.4, -0.2) is 31.6 Å². The van der Waals surface area contributed by atoms with E-state index in [4.69, 9.17) is 4.74 Å². The molecule has 2 unspecified atom stereocenters. The van der Waals surface area contributed by atoms with Crippen molar-refractivity contribution in [3.8, 4) is 0 Å². The normalized spacial score (nSPS) is 22.5. The molecule has 1 fully saturated rings. The topological polar surface area (TPSA) is 38.3 Å². The molecule has 0 radical (unpaired) electrons. The smallest absolute Gasteiger partial charge is 0.379 e. The van der Waals surface area contributed by atoms with Gasteiger partial charge in [-0.2, -0.15) is 13.2 Å². The largest absolute Gasteiger partial charge is 0.419 e. The van der Waals surface area contributed by atoms with Crippen LogP contribution in [0.4, 0.5) is 17.6 Å². The van der Waals surface area contributed by atoms with E-state index in [0.29, 0.717) is 25.3 Å². The average molecular weight is 305 g/mol. The fourth-order valence-corrected chi connectivity index (χ4v) is 2.39. The van der Waals surface area contributed by atoms with E-state index in [1.165, 1.54) is 0 Å². The molecule has 1 saturated heterocycles. The number of carbonyl (C=O) groups excluding carboxylic acids is 1. The van der Waals surface area contributed by atoms with Crippen molar-refractivity contribution >= 4 is 5.78 Å². The maximum absolute atomic E-state index is 13.2. The quantitative estimate of drug-likeness (QED) is 0.686. The lowest BCUT2D eigenvalue weighted by Crippen LogP contribution is -2.39. The summed E-state index contributed by atoms with van der Waals surface area (Å²) in [5.74, 6) is -2.41. The van der Waals surface area contributed by atoms with Crippen molar-refractivity contribution < 1.29 is 27.1 Å². The highest BCUT2D eigenvalue weighted by Crippen LogP contribution is 2.32. The molecular weight excluding hydrogens is 290 g/mol. The van der Waals surface area contributed by atoms with Crippen LogP contribution in [0.15, 0.2) is 18.2 Å². The fourth-order valence-electron chi connectivity index (χ4n) is 2.39. The molecule has 0 bridgehead atoms. The Morgan fingerprint density at radius 2 is 2.10 bits per heavy atom. The lowest BCUT2D eigenvalue weighted by molar-refractivity contribution is -0.140. The molecule has 1 aromatic rings. The first-order chi connectivity index (χ1) is 9.84. The Kier molecular flexibility index (Phi) is 4.63. The van der Waals surface area contributed by atoms with Gasteiger partial charge in [-0.3, -0.25) is 4.79 Å². The zero-order chi connectivity index (χ0) is 15.6. The minimum Gasteiger partial charge on any atom is -0.379 e. The van der Waals surface area contributed by atoms with Gasteiger partial charge in [0.1, 0.15) is 5.82 Å². The van der Waals surface area contributed by atoms with Crippen LogP contribution >= 0.6 is 0 Å². The molecule has 2 atom stereocenters. The lowest BCUT2D eigenvalue weighted by atomic mass is 9.92. The molecule has 7 heteroatoms. The Morgan fingerprint density at radius 3 is 2.71 bits per heavy atom. The number of hydrogen-bond donors (Lipinski definition) is 1. The van der Waals surface area contributed by atoms with Crippen molar-refractivity contribution in [1.82, 2.24) is 5.32 Å². The molecule has 2 rings (SSSR count). The van der Waals surface area contributed by atoms with Crippen LogP contribution in [0, 0.1) is 11.7 Å². The summed E-state index contributed by atoms with van der Waals surface area (Å²) in [5, 5.41) is 3.06. The highest BCUT2D eigenvalue weighted by molar-refractivity contribution is 5.98. The summed E-state index contributed by atoms with van der Waals surface area (Å²) in [6.45, 7) is 2.96. The average Bonchev–Trinajstić information content (AvgIpc) is 2.86. The summed E-state index contributed by atoms with van der Waals surface area (Å²) in [4.78, 5) is 12.3. The second-order valence-corrected chi connectivity index (χ2v) is 4.86. The molecular formula is C14H15F4NO2. The molecule has 1 heterocycles. The summed E-state index contributed by atoms with van der Waals surface area (Å²) in [6.07, 6.45) is -4.83. The van der Waals surface area contributed by atoms with Gasteiger partial charge in [0.2, 0.25) is 0 Å². The Bertz CT molecular complexity index is 530. The summed E-state index contributed by atoms with van der Waals surface area (Å²) in [6, 6.07) is 2.09. The van der Waals surface area contributed by atoms with Gasteiger partial charge >= 0.3 is 6.18 Å². The van der Waals surface area contributed by atoms with Crippen molar-refractivity contribution in [1.29, 1.82) is 0 Å². The van der Waals surface area contributed by atoms with E-state index in [1.54, 1.807) is 0 Å². The molecule has 1 aliphatic heterocycles. The summed E-state index contributed by atoms with van der Waals surface area (Å²) in [7, 11) is 0. The van der Waals surface area contributed by atoms with Crippen LogP contribution in [0.3, 0.4) is 0 Å². The van der Waals surface area contributed by atoms with Gasteiger partial charge in [0, 0.05) is 11.6 Å². The first-order valence-corrected chi connectivity index (χ1v) is 6.56. The van der Waals surface area contributed by atoms with Crippen molar-refractivity contribution in [3.63, 3.8) is 0 Å². The predicted octanol–water partition coefficient (Wildman–Crippen LogP) is 2.65. The minimum atomic E-state index is -4.83. The van der Waals surface area contributed by atoms with Crippen LogP contribution in [0.1, 0.15) is 22.8 Å². The summed E-state index contributed by atoms with van der Waals surface area (Å²) >= 11 is 0. The van der Waals surface area contributed by atoms with Gasteiger partial charge in [0.15, 0.2) is 5.78 Å². The van der Waals surface area contributed by atoms with Crippen LogP contribution < -0.4 is 5.32 Å². The third-order valence-electron chi connectivity index (χ3n) is 3.44. The standard InChI is InChI=1S/C14H15F4NO2/c1-2-19-12-7-21-6-9(12)13(20)8-3-4-11(15)10(5-8)14(16,17)18/h3-5,9,12,19H,2,6-7H2,1H3. The zero-order valence-electron chi connectivity index (χ0n) is 11.3. The van der Waals surface area contributed by atoms with Gasteiger partial charge in [-0.15, -0.1) is 0 Å². The van der Waals surface area contributed by atoms with Crippen molar-refractivity contribution in [2.45, 2.75) is 19.1 Å². The molecule has 1 N–H and O–H groups in total. The van der Waals surface area contributed by atoms with Crippen molar-refractivity contribution in [2.24, 2.45) is 5.92 Å². The number of likely N-dealkylation sites (N-methyl/N-ethyl adjacent to an activating group) is 1. The molecule has 0 saturated carbocycles. The molecule has 0 amide bonds. The Hall–Kier alpha value is -1.47. The van der Waals surface area contributed by atoms with Gasteiger partial charge in [-0.1, -0.05) is 6.92 Å². The van der Waals surface area contributed by atoms with Crippen LogP contribution in [0.2, 0.25) is 0 Å². The number of halogens is 4. The highest BCUT2D eigenvalue weighted by atomic mass is 19.4. The number of Topliss-reactive ketones (excluding diaryl/α,β-unsaturated/α-hetero) is 1. The highest BCUT2D eigenvalue weighted by Gasteiger charge is 2.37. The molecule has 0 aliphatic carbocycles. The van der Waals surface area contributed by atoms with E-state index in [-0.39, 0.29) is 18.2 Å². The lowest BCUT2D eigenvalue weighted by Gasteiger charge is -2.18. The third-order valence-corrected chi connectivity index (χ3v) is 3.44. The van der Waals surface area contributed by atoms with E-state index in [0.717, 1.165) is 6.07 Å². The molecule has 116 valence electrons. The van der Waals surface area contributed by atoms with Gasteiger partial charge in [-0.05, 0) is 24.7 Å².